The van der Waals surface area contributed by atoms with Crippen molar-refractivity contribution >= 4 is 17.7 Å². The Hall–Kier alpha value is -1.86. The van der Waals surface area contributed by atoms with Crippen molar-refractivity contribution in [1.29, 1.82) is 0 Å². The van der Waals surface area contributed by atoms with Gasteiger partial charge in [0.1, 0.15) is 0 Å². The maximum Gasteiger partial charge on any atom is 0.277 e. The molecule has 1 saturated heterocycles. The Kier molecular flexibility index (Phi) is 6.09. The third kappa shape index (κ3) is 5.06. The lowest BCUT2D eigenvalue weighted by Gasteiger charge is -2.21. The zero-order valence-electron chi connectivity index (χ0n) is 14.8. The van der Waals surface area contributed by atoms with Crippen molar-refractivity contribution in [3.05, 3.63) is 41.3 Å². The van der Waals surface area contributed by atoms with Gasteiger partial charge in [0, 0.05) is 27.1 Å². The summed E-state index contributed by atoms with van der Waals surface area (Å²) < 4.78 is 5.29. The number of amides is 1. The highest BCUT2D eigenvalue weighted by atomic mass is 32.2. The Bertz CT molecular complexity index is 713. The standard InChI is InChI=1S/C18H24N4O2S/c1-14-19-20-18(24-14)25-13-17(23)21(2)11-15-7-3-4-8-16(15)12-22-9-5-6-10-22/h3-4,7-8H,5-6,9-13H2,1-2H3. The predicted molar refractivity (Wildman–Crippen MR) is 97.2 cm³/mol. The van der Waals surface area contributed by atoms with Crippen LogP contribution < -0.4 is 0 Å². The second-order valence-corrected chi connectivity index (χ2v) is 7.30. The average Bonchev–Trinajstić information content (AvgIpc) is 3.26. The summed E-state index contributed by atoms with van der Waals surface area (Å²) >= 11 is 1.28. The highest BCUT2D eigenvalue weighted by Gasteiger charge is 2.16. The van der Waals surface area contributed by atoms with Crippen LogP contribution in [0.2, 0.25) is 0 Å². The van der Waals surface area contributed by atoms with Crippen molar-refractivity contribution in [3.63, 3.8) is 0 Å². The van der Waals surface area contributed by atoms with Gasteiger partial charge in [-0.2, -0.15) is 0 Å². The molecule has 6 nitrogen and oxygen atoms in total. The van der Waals surface area contributed by atoms with Crippen LogP contribution in [0, 0.1) is 6.92 Å². The number of carbonyl (C=O) groups is 1. The molecule has 2 heterocycles. The molecule has 0 N–H and O–H groups in total. The van der Waals surface area contributed by atoms with Gasteiger partial charge in [-0.25, -0.2) is 0 Å². The molecule has 0 saturated carbocycles. The Balaban J connectivity index is 1.56. The summed E-state index contributed by atoms with van der Waals surface area (Å²) in [5, 5.41) is 8.11. The zero-order chi connectivity index (χ0) is 17.6. The molecule has 1 fully saturated rings. The SMILES string of the molecule is Cc1nnc(SCC(=O)N(C)Cc2ccccc2CN2CCCC2)o1. The van der Waals surface area contributed by atoms with Gasteiger partial charge >= 0.3 is 0 Å². The Morgan fingerprint density at radius 2 is 1.96 bits per heavy atom. The molecule has 1 aromatic carbocycles. The van der Waals surface area contributed by atoms with E-state index in [1.807, 2.05) is 13.1 Å². The van der Waals surface area contributed by atoms with Gasteiger partial charge < -0.3 is 9.32 Å². The normalized spacial score (nSPS) is 14.8. The number of rotatable bonds is 7. The highest BCUT2D eigenvalue weighted by Crippen LogP contribution is 2.19. The van der Waals surface area contributed by atoms with Gasteiger partial charge in [0.15, 0.2) is 0 Å². The number of likely N-dealkylation sites (tertiary alicyclic amines) is 1. The molecular formula is C18H24N4O2S. The Morgan fingerprint density at radius 3 is 2.64 bits per heavy atom. The van der Waals surface area contributed by atoms with Crippen LogP contribution in [0.25, 0.3) is 0 Å². The number of aryl methyl sites for hydroxylation is 1. The summed E-state index contributed by atoms with van der Waals surface area (Å²) in [6, 6.07) is 8.40. The summed E-state index contributed by atoms with van der Waals surface area (Å²) in [7, 11) is 1.84. The molecule has 0 bridgehead atoms. The third-order valence-corrected chi connectivity index (χ3v) is 5.17. The van der Waals surface area contributed by atoms with Gasteiger partial charge in [0.05, 0.1) is 5.75 Å². The largest absolute Gasteiger partial charge is 0.416 e. The molecular weight excluding hydrogens is 336 g/mol. The number of thioether (sulfide) groups is 1. The summed E-state index contributed by atoms with van der Waals surface area (Å²) in [6.45, 7) is 5.66. The fourth-order valence-electron chi connectivity index (χ4n) is 2.96. The molecule has 25 heavy (non-hydrogen) atoms. The van der Waals surface area contributed by atoms with E-state index in [-0.39, 0.29) is 5.91 Å². The lowest BCUT2D eigenvalue weighted by molar-refractivity contribution is -0.127. The molecule has 134 valence electrons. The number of hydrogen-bond acceptors (Lipinski definition) is 6. The van der Waals surface area contributed by atoms with Crippen LogP contribution >= 0.6 is 11.8 Å². The lowest BCUT2D eigenvalue weighted by atomic mass is 10.1. The lowest BCUT2D eigenvalue weighted by Crippen LogP contribution is -2.29. The Morgan fingerprint density at radius 1 is 1.24 bits per heavy atom. The van der Waals surface area contributed by atoms with E-state index in [1.54, 1.807) is 11.8 Å². The number of benzene rings is 1. The second kappa shape index (κ2) is 8.49. The van der Waals surface area contributed by atoms with Crippen molar-refractivity contribution in [2.24, 2.45) is 0 Å². The van der Waals surface area contributed by atoms with Gasteiger partial charge in [-0.15, -0.1) is 10.2 Å². The van der Waals surface area contributed by atoms with Gasteiger partial charge in [0.2, 0.25) is 11.8 Å². The molecule has 0 radical (unpaired) electrons. The quantitative estimate of drug-likeness (QED) is 0.708. The first-order valence-corrected chi connectivity index (χ1v) is 9.56. The van der Waals surface area contributed by atoms with E-state index in [0.717, 1.165) is 6.54 Å². The van der Waals surface area contributed by atoms with Crippen LogP contribution in [-0.2, 0) is 17.9 Å². The molecule has 3 rings (SSSR count). The summed E-state index contributed by atoms with van der Waals surface area (Å²) in [6.07, 6.45) is 2.57. The summed E-state index contributed by atoms with van der Waals surface area (Å²) in [5.41, 5.74) is 2.52. The zero-order valence-corrected chi connectivity index (χ0v) is 15.6. The molecule has 1 aliphatic rings. The van der Waals surface area contributed by atoms with Crippen LogP contribution in [0.1, 0.15) is 29.9 Å². The molecule has 0 aliphatic carbocycles. The van der Waals surface area contributed by atoms with E-state index in [1.165, 1.54) is 48.8 Å². The molecule has 2 aromatic rings. The number of carbonyl (C=O) groups excluding carboxylic acids is 1. The van der Waals surface area contributed by atoms with E-state index in [4.69, 9.17) is 4.42 Å². The van der Waals surface area contributed by atoms with Crippen LogP contribution in [0.5, 0.6) is 0 Å². The average molecular weight is 360 g/mol. The first-order chi connectivity index (χ1) is 12.1. The predicted octanol–water partition coefficient (Wildman–Crippen LogP) is 2.72. The number of nitrogens with zero attached hydrogens (tertiary/aromatic N) is 4. The van der Waals surface area contributed by atoms with Crippen molar-refractivity contribution in [1.82, 2.24) is 20.0 Å². The van der Waals surface area contributed by atoms with Crippen LogP contribution in [0.4, 0.5) is 0 Å². The van der Waals surface area contributed by atoms with Gasteiger partial charge in [-0.1, -0.05) is 36.0 Å². The fourth-order valence-corrected chi connectivity index (χ4v) is 3.71. The first kappa shape index (κ1) is 17.9. The Labute approximate surface area is 152 Å². The second-order valence-electron chi connectivity index (χ2n) is 6.38. The smallest absolute Gasteiger partial charge is 0.277 e. The van der Waals surface area contributed by atoms with E-state index < -0.39 is 0 Å². The summed E-state index contributed by atoms with van der Waals surface area (Å²) in [4.78, 5) is 16.6. The van der Waals surface area contributed by atoms with Crippen molar-refractivity contribution in [2.45, 2.75) is 38.1 Å². The van der Waals surface area contributed by atoms with Crippen molar-refractivity contribution in [3.8, 4) is 0 Å². The van der Waals surface area contributed by atoms with Crippen molar-refractivity contribution < 1.29 is 9.21 Å². The fraction of sp³-hybridized carbons (Fsp3) is 0.500. The van der Waals surface area contributed by atoms with E-state index in [2.05, 4.69) is 33.3 Å². The summed E-state index contributed by atoms with van der Waals surface area (Å²) in [5.74, 6) is 0.864. The molecule has 0 unspecified atom stereocenters. The van der Waals surface area contributed by atoms with E-state index >= 15 is 0 Å². The number of aromatic nitrogens is 2. The third-order valence-electron chi connectivity index (χ3n) is 4.37. The highest BCUT2D eigenvalue weighted by molar-refractivity contribution is 7.99. The minimum atomic E-state index is 0.0526. The molecule has 0 spiro atoms. The van der Waals surface area contributed by atoms with Gasteiger partial charge in [0.25, 0.3) is 5.22 Å². The maximum atomic E-state index is 12.4. The van der Waals surface area contributed by atoms with E-state index in [9.17, 15) is 4.79 Å². The van der Waals surface area contributed by atoms with Crippen LogP contribution in [-0.4, -0.2) is 51.8 Å². The minimum Gasteiger partial charge on any atom is -0.416 e. The molecule has 1 aliphatic heterocycles. The van der Waals surface area contributed by atoms with Crippen molar-refractivity contribution in [2.75, 3.05) is 25.9 Å². The van der Waals surface area contributed by atoms with Crippen LogP contribution in [0.15, 0.2) is 33.9 Å². The molecule has 1 aromatic heterocycles. The van der Waals surface area contributed by atoms with Gasteiger partial charge in [-0.3, -0.25) is 9.69 Å². The number of hydrogen-bond donors (Lipinski definition) is 0. The first-order valence-electron chi connectivity index (χ1n) is 8.58. The topological polar surface area (TPSA) is 62.5 Å². The van der Waals surface area contributed by atoms with E-state index in [0.29, 0.717) is 23.4 Å². The molecule has 1 amide bonds. The molecule has 7 heteroatoms. The maximum absolute atomic E-state index is 12.4. The minimum absolute atomic E-state index is 0.0526. The molecule has 0 atom stereocenters. The monoisotopic (exact) mass is 360 g/mol. The van der Waals surface area contributed by atoms with Crippen LogP contribution in [0.3, 0.4) is 0 Å². The van der Waals surface area contributed by atoms with Gasteiger partial charge in [-0.05, 0) is 37.1 Å².